The Bertz CT molecular complexity index is 301. The van der Waals surface area contributed by atoms with Crippen molar-refractivity contribution in [2.45, 2.75) is 77.7 Å². The van der Waals surface area contributed by atoms with Gasteiger partial charge in [-0.1, -0.05) is 40.0 Å². The first kappa shape index (κ1) is 14.3. The molecular weight excluding hydrogens is 222 g/mol. The average Bonchev–Trinajstić information content (AvgIpc) is 2.65. The van der Waals surface area contributed by atoms with Gasteiger partial charge in [0, 0.05) is 12.0 Å². The van der Waals surface area contributed by atoms with E-state index in [1.807, 2.05) is 0 Å². The third-order valence-corrected chi connectivity index (χ3v) is 5.89. The summed E-state index contributed by atoms with van der Waals surface area (Å²) in [7, 11) is 0. The van der Waals surface area contributed by atoms with Crippen LogP contribution < -0.4 is 5.73 Å². The Morgan fingerprint density at radius 1 is 1.22 bits per heavy atom. The molecule has 0 bridgehead atoms. The van der Waals surface area contributed by atoms with Crippen LogP contribution in [-0.2, 0) is 0 Å². The third kappa shape index (κ3) is 2.34. The van der Waals surface area contributed by atoms with Crippen molar-refractivity contribution in [3.63, 3.8) is 0 Å². The van der Waals surface area contributed by atoms with Gasteiger partial charge in [-0.2, -0.15) is 0 Å². The van der Waals surface area contributed by atoms with E-state index in [-0.39, 0.29) is 10.8 Å². The van der Waals surface area contributed by atoms with E-state index in [1.54, 1.807) is 0 Å². The van der Waals surface area contributed by atoms with Crippen LogP contribution in [0.5, 0.6) is 0 Å². The van der Waals surface area contributed by atoms with Crippen molar-refractivity contribution in [2.24, 2.45) is 22.5 Å². The van der Waals surface area contributed by atoms with E-state index in [0.717, 1.165) is 38.0 Å². The van der Waals surface area contributed by atoms with E-state index >= 15 is 0 Å². The first-order valence-corrected chi connectivity index (χ1v) is 7.79. The van der Waals surface area contributed by atoms with E-state index in [2.05, 4.69) is 20.8 Å². The Balaban J connectivity index is 2.21. The molecule has 3 unspecified atom stereocenters. The number of nitrogens with two attached hydrogens (primary N) is 1. The van der Waals surface area contributed by atoms with Crippen LogP contribution in [0.3, 0.4) is 0 Å². The van der Waals surface area contributed by atoms with Crippen LogP contribution >= 0.6 is 0 Å². The lowest BCUT2D eigenvalue weighted by Gasteiger charge is -2.50. The summed E-state index contributed by atoms with van der Waals surface area (Å²) in [4.78, 5) is 0. The van der Waals surface area contributed by atoms with Crippen molar-refractivity contribution in [1.29, 1.82) is 0 Å². The minimum atomic E-state index is -0.501. The lowest BCUT2D eigenvalue weighted by atomic mass is 9.59. The minimum absolute atomic E-state index is 0.000301. The molecule has 0 saturated heterocycles. The molecule has 2 heteroatoms. The van der Waals surface area contributed by atoms with Crippen molar-refractivity contribution >= 4 is 0 Å². The standard InChI is InChI=1S/C16H31NO/c1-4-13-6-5-7-15(10-13,12-17)16(18)9-8-14(2,3)11-16/h13,18H,4-12,17H2,1-3H3. The predicted octanol–water partition coefficient (Wildman–Crippen LogP) is 3.47. The zero-order valence-electron chi connectivity index (χ0n) is 12.5. The second-order valence-electron chi connectivity index (χ2n) is 7.73. The lowest BCUT2D eigenvalue weighted by molar-refractivity contribution is -0.109. The van der Waals surface area contributed by atoms with Crippen LogP contribution in [0, 0.1) is 16.7 Å². The molecule has 0 amide bonds. The summed E-state index contributed by atoms with van der Waals surface area (Å²) < 4.78 is 0. The average molecular weight is 253 g/mol. The van der Waals surface area contributed by atoms with Crippen molar-refractivity contribution in [3.8, 4) is 0 Å². The monoisotopic (exact) mass is 253 g/mol. The maximum Gasteiger partial charge on any atom is 0.0721 e. The molecule has 0 aromatic heterocycles. The summed E-state index contributed by atoms with van der Waals surface area (Å²) in [5.74, 6) is 0.773. The highest BCUT2D eigenvalue weighted by atomic mass is 16.3. The fourth-order valence-electron chi connectivity index (χ4n) is 4.60. The molecule has 2 fully saturated rings. The summed E-state index contributed by atoms with van der Waals surface area (Å²) in [5, 5.41) is 11.2. The fourth-order valence-corrected chi connectivity index (χ4v) is 4.60. The third-order valence-electron chi connectivity index (χ3n) is 5.89. The van der Waals surface area contributed by atoms with Gasteiger partial charge in [0.1, 0.15) is 0 Å². The van der Waals surface area contributed by atoms with E-state index < -0.39 is 5.60 Å². The van der Waals surface area contributed by atoms with Gasteiger partial charge in [-0.05, 0) is 43.4 Å². The Morgan fingerprint density at radius 3 is 2.44 bits per heavy atom. The number of rotatable bonds is 3. The minimum Gasteiger partial charge on any atom is -0.389 e. The molecule has 2 rings (SSSR count). The van der Waals surface area contributed by atoms with Crippen molar-refractivity contribution in [2.75, 3.05) is 6.54 Å². The van der Waals surface area contributed by atoms with Gasteiger partial charge in [0.2, 0.25) is 0 Å². The van der Waals surface area contributed by atoms with Crippen LogP contribution in [0.1, 0.15) is 72.1 Å². The molecule has 2 aliphatic carbocycles. The second-order valence-corrected chi connectivity index (χ2v) is 7.73. The van der Waals surface area contributed by atoms with E-state index in [4.69, 9.17) is 5.73 Å². The normalized spacial score (nSPS) is 44.2. The summed E-state index contributed by atoms with van der Waals surface area (Å²) >= 11 is 0. The van der Waals surface area contributed by atoms with E-state index in [9.17, 15) is 5.11 Å². The Kier molecular flexibility index (Phi) is 3.81. The molecule has 3 atom stereocenters. The van der Waals surface area contributed by atoms with Crippen molar-refractivity contribution in [1.82, 2.24) is 0 Å². The lowest BCUT2D eigenvalue weighted by Crippen LogP contribution is -2.53. The predicted molar refractivity (Wildman–Crippen MR) is 76.3 cm³/mol. The zero-order valence-corrected chi connectivity index (χ0v) is 12.5. The van der Waals surface area contributed by atoms with E-state index in [0.29, 0.717) is 6.54 Å². The topological polar surface area (TPSA) is 46.2 Å². The molecule has 2 nitrogen and oxygen atoms in total. The number of hydrogen-bond donors (Lipinski definition) is 2. The van der Waals surface area contributed by atoms with Crippen molar-refractivity contribution in [3.05, 3.63) is 0 Å². The molecule has 0 spiro atoms. The second kappa shape index (κ2) is 4.79. The van der Waals surface area contributed by atoms with Crippen LogP contribution in [-0.4, -0.2) is 17.3 Å². The molecular formula is C16H31NO. The first-order valence-electron chi connectivity index (χ1n) is 7.79. The zero-order chi connectivity index (χ0) is 13.4. The quantitative estimate of drug-likeness (QED) is 0.809. The number of hydrogen-bond acceptors (Lipinski definition) is 2. The highest BCUT2D eigenvalue weighted by molar-refractivity contribution is 5.08. The summed E-state index contributed by atoms with van der Waals surface area (Å²) in [6.45, 7) is 7.51. The molecule has 0 aromatic carbocycles. The fraction of sp³-hybridized carbons (Fsp3) is 1.00. The van der Waals surface area contributed by atoms with Crippen LogP contribution in [0.25, 0.3) is 0 Å². The van der Waals surface area contributed by atoms with Gasteiger partial charge in [0.15, 0.2) is 0 Å². The van der Waals surface area contributed by atoms with Crippen LogP contribution in [0.2, 0.25) is 0 Å². The van der Waals surface area contributed by atoms with Crippen molar-refractivity contribution < 1.29 is 5.11 Å². The largest absolute Gasteiger partial charge is 0.389 e. The molecule has 0 heterocycles. The molecule has 2 aliphatic rings. The van der Waals surface area contributed by atoms with Gasteiger partial charge < -0.3 is 10.8 Å². The van der Waals surface area contributed by atoms with Gasteiger partial charge in [-0.25, -0.2) is 0 Å². The maximum atomic E-state index is 11.2. The van der Waals surface area contributed by atoms with E-state index in [1.165, 1.54) is 19.3 Å². The van der Waals surface area contributed by atoms with Gasteiger partial charge >= 0.3 is 0 Å². The Hall–Kier alpha value is -0.0800. The van der Waals surface area contributed by atoms with Crippen LogP contribution in [0.4, 0.5) is 0 Å². The maximum absolute atomic E-state index is 11.2. The molecule has 2 saturated carbocycles. The molecule has 0 aromatic rings. The Morgan fingerprint density at radius 2 is 1.94 bits per heavy atom. The summed E-state index contributed by atoms with van der Waals surface area (Å²) in [5.41, 5.74) is 5.94. The highest BCUT2D eigenvalue weighted by Crippen LogP contribution is 2.57. The van der Waals surface area contributed by atoms with Crippen LogP contribution in [0.15, 0.2) is 0 Å². The molecule has 0 aliphatic heterocycles. The Labute approximate surface area is 112 Å². The molecule has 3 N–H and O–H groups in total. The summed E-state index contributed by atoms with van der Waals surface area (Å²) in [6.07, 6.45) is 9.12. The molecule has 18 heavy (non-hydrogen) atoms. The molecule has 0 radical (unpaired) electrons. The summed E-state index contributed by atoms with van der Waals surface area (Å²) in [6, 6.07) is 0. The SMILES string of the molecule is CCC1CCCC(CN)(C2(O)CCC(C)(C)C2)C1. The number of aliphatic hydroxyl groups is 1. The van der Waals surface area contributed by atoms with Gasteiger partial charge in [0.25, 0.3) is 0 Å². The smallest absolute Gasteiger partial charge is 0.0721 e. The highest BCUT2D eigenvalue weighted by Gasteiger charge is 2.55. The molecule has 106 valence electrons. The van der Waals surface area contributed by atoms with Gasteiger partial charge in [-0.15, -0.1) is 0 Å². The van der Waals surface area contributed by atoms with Gasteiger partial charge in [-0.3, -0.25) is 0 Å². The van der Waals surface area contributed by atoms with Gasteiger partial charge in [0.05, 0.1) is 5.60 Å². The first-order chi connectivity index (χ1) is 8.36.